The van der Waals surface area contributed by atoms with Crippen molar-refractivity contribution in [1.29, 1.82) is 0 Å². The number of rotatable bonds is 27. The van der Waals surface area contributed by atoms with Crippen molar-refractivity contribution in [3.63, 3.8) is 0 Å². The summed E-state index contributed by atoms with van der Waals surface area (Å²) in [5, 5.41) is 28.0. The number of hydrogen-bond acceptors (Lipinski definition) is 12. The summed E-state index contributed by atoms with van der Waals surface area (Å²) in [5.74, 6) is -6.85. The Labute approximate surface area is 490 Å². The van der Waals surface area contributed by atoms with Crippen molar-refractivity contribution >= 4 is 83.4 Å². The molecule has 0 bridgehead atoms. The van der Waals surface area contributed by atoms with Gasteiger partial charge in [0.2, 0.25) is 47.3 Å². The summed E-state index contributed by atoms with van der Waals surface area (Å²) >= 11 is 8.47. The summed E-state index contributed by atoms with van der Waals surface area (Å²) in [5.41, 5.74) is 4.81. The van der Waals surface area contributed by atoms with Gasteiger partial charge in [-0.1, -0.05) is 80.4 Å². The molecule has 1 aliphatic heterocycles. The Hall–Kier alpha value is -7.78. The number of alkyl halides is 6. The Morgan fingerprint density at radius 1 is 0.655 bits per heavy atom. The summed E-state index contributed by atoms with van der Waals surface area (Å²) in [7, 11) is 0. The zero-order valence-corrected chi connectivity index (χ0v) is 47.2. The monoisotopic (exact) mass is 1210 g/mol. The average Bonchev–Trinajstić information content (AvgIpc) is 3.09. The normalized spacial score (nSPS) is 15.6. The highest BCUT2D eigenvalue weighted by Crippen LogP contribution is 2.36. The van der Waals surface area contributed by atoms with Crippen LogP contribution in [0.15, 0.2) is 103 Å². The number of para-hydroxylation sites is 1. The van der Waals surface area contributed by atoms with Gasteiger partial charge in [-0.2, -0.15) is 51.6 Å². The number of nitrogens with two attached hydrogens (primary N) is 1. The number of aromatic nitrogens is 1. The van der Waals surface area contributed by atoms with Crippen LogP contribution in [0.3, 0.4) is 0 Å². The number of nitrogens with one attached hydrogen (secondary N) is 8. The molecule has 27 heteroatoms. The Balaban J connectivity index is 1.12. The van der Waals surface area contributed by atoms with Crippen molar-refractivity contribution in [3.05, 3.63) is 137 Å². The lowest BCUT2D eigenvalue weighted by Gasteiger charge is -2.31. The largest absolute Gasteiger partial charge is 0.508 e. The highest BCUT2D eigenvalue weighted by atomic mass is 32.1. The van der Waals surface area contributed by atoms with Crippen LogP contribution in [0.4, 0.5) is 26.3 Å². The Morgan fingerprint density at radius 3 is 1.87 bits per heavy atom. The number of likely N-dealkylation sites (tertiary alicyclic amines) is 1. The summed E-state index contributed by atoms with van der Waals surface area (Å²) < 4.78 is 82.1. The highest BCUT2D eigenvalue weighted by Gasteiger charge is 2.41. The second kappa shape index (κ2) is 30.2. The molecule has 8 amide bonds. The smallest absolute Gasteiger partial charge is 0.416 e. The van der Waals surface area contributed by atoms with Crippen LogP contribution in [0, 0.1) is 0 Å². The van der Waals surface area contributed by atoms with Crippen molar-refractivity contribution < 1.29 is 69.8 Å². The number of thiol groups is 2. The van der Waals surface area contributed by atoms with Gasteiger partial charge in [-0.05, 0) is 84.3 Å². The van der Waals surface area contributed by atoms with E-state index in [4.69, 9.17) is 5.73 Å². The number of hydrogen-bond donors (Lipinski definition) is 12. The fourth-order valence-corrected chi connectivity index (χ4v) is 9.90. The van der Waals surface area contributed by atoms with E-state index >= 15 is 0 Å². The molecule has 1 aromatic heterocycles. The van der Waals surface area contributed by atoms with Gasteiger partial charge in [-0.3, -0.25) is 38.4 Å². The summed E-state index contributed by atoms with van der Waals surface area (Å²) in [6.45, 7) is 0.494. The molecule has 1 saturated heterocycles. The first-order chi connectivity index (χ1) is 39.9. The third-order valence-corrected chi connectivity index (χ3v) is 14.6. The van der Waals surface area contributed by atoms with Gasteiger partial charge in [0.1, 0.15) is 42.0 Å². The maximum absolute atomic E-state index is 14.5. The quantitative estimate of drug-likeness (QED) is 0.0263. The molecular formula is C57H66F6N10O9S2. The minimum atomic E-state index is -5.15. The van der Waals surface area contributed by atoms with E-state index in [1.807, 2.05) is 6.92 Å². The van der Waals surface area contributed by atoms with Gasteiger partial charge in [0.15, 0.2) is 0 Å². The fourth-order valence-electron chi connectivity index (χ4n) is 9.39. The van der Waals surface area contributed by atoms with Crippen molar-refractivity contribution in [1.82, 2.24) is 47.1 Å². The van der Waals surface area contributed by atoms with Crippen LogP contribution in [-0.2, 0) is 76.5 Å². The third-order valence-electron chi connectivity index (χ3n) is 13.9. The van der Waals surface area contributed by atoms with Crippen LogP contribution in [0.5, 0.6) is 5.75 Å². The molecule has 2 heterocycles. The molecule has 452 valence electrons. The first-order valence-corrected chi connectivity index (χ1v) is 28.1. The lowest BCUT2D eigenvalue weighted by molar-refractivity contribution is -0.143. The van der Waals surface area contributed by atoms with Crippen molar-refractivity contribution in [2.45, 2.75) is 119 Å². The molecule has 0 aliphatic carbocycles. The van der Waals surface area contributed by atoms with Crippen molar-refractivity contribution in [2.75, 3.05) is 24.6 Å². The average molecular weight is 1210 g/mol. The van der Waals surface area contributed by atoms with E-state index in [1.54, 1.807) is 72.9 Å². The Kier molecular flexibility index (Phi) is 23.5. The molecule has 0 radical (unpaired) electrons. The van der Waals surface area contributed by atoms with Crippen LogP contribution in [0.25, 0.3) is 10.9 Å². The molecule has 19 nitrogen and oxygen atoms in total. The van der Waals surface area contributed by atoms with E-state index in [2.05, 4.69) is 67.5 Å². The molecule has 7 atom stereocenters. The number of phenolic OH excluding ortho intramolecular Hbond substituents is 1. The summed E-state index contributed by atoms with van der Waals surface area (Å²) in [6.07, 6.45) is -7.32. The standard InChI is InChI=1S/C57H66F6N10O9S2/c1-2-3-13-42(69-52(79)43(24-32-10-5-4-6-11-32)68-48(75)29-67-51(78)45(30-83)71-49(76)40(64)23-33-16-18-38(74)19-17-33)55(82)73-20-9-15-47(73)54(81)72-46(31-84)53(80)70-44(25-35-28-65-41-14-8-7-12-39(35)41)50(77)66-27-34-21-36(56(58,59)60)26-37(22-34)57(61,62)63/h4-8,10-12,14,16-19,21-22,26,28,40,42-47,65,74,83-84H,2-3,9,13,15,20,23-25,27,29-31,64H2,1H3,(H,66,77)(H,67,78)(H,68,75)(H,69,79)(H,70,80)(H,71,76)(H,72,81)/t40-,42-,43-,44-,45+,46+,47-/m0/s1. The minimum absolute atomic E-state index is 0.0290. The summed E-state index contributed by atoms with van der Waals surface area (Å²) in [6, 6.07) is 13.6. The number of fused-ring (bicyclic) bond motifs is 1. The Bertz CT molecular complexity index is 3080. The number of benzene rings is 4. The first-order valence-electron chi connectivity index (χ1n) is 26.9. The van der Waals surface area contributed by atoms with E-state index in [9.17, 15) is 69.8 Å². The van der Waals surface area contributed by atoms with Crippen LogP contribution < -0.4 is 43.0 Å². The number of amides is 8. The van der Waals surface area contributed by atoms with Crippen molar-refractivity contribution in [3.8, 4) is 5.75 Å². The van der Waals surface area contributed by atoms with Crippen LogP contribution in [0.2, 0.25) is 0 Å². The van der Waals surface area contributed by atoms with Gasteiger partial charge < -0.3 is 57.9 Å². The number of H-pyrrole nitrogens is 1. The number of aromatic amines is 1. The molecule has 4 aromatic carbocycles. The number of carbonyl (C=O) groups is 8. The molecule has 5 aromatic rings. The molecule has 0 saturated carbocycles. The van der Waals surface area contributed by atoms with E-state index in [0.29, 0.717) is 59.0 Å². The predicted molar refractivity (Wildman–Crippen MR) is 305 cm³/mol. The van der Waals surface area contributed by atoms with Gasteiger partial charge >= 0.3 is 12.4 Å². The maximum Gasteiger partial charge on any atom is 0.416 e. The summed E-state index contributed by atoms with van der Waals surface area (Å²) in [4.78, 5) is 115. The molecular weight excluding hydrogens is 1150 g/mol. The van der Waals surface area contributed by atoms with E-state index in [-0.39, 0.29) is 62.0 Å². The van der Waals surface area contributed by atoms with Gasteiger partial charge in [0.25, 0.3) is 0 Å². The minimum Gasteiger partial charge on any atom is -0.508 e. The molecule has 0 unspecified atom stereocenters. The molecule has 1 fully saturated rings. The molecule has 1 aliphatic rings. The zero-order valence-electron chi connectivity index (χ0n) is 45.4. The molecule has 84 heavy (non-hydrogen) atoms. The second-order valence-corrected chi connectivity index (χ2v) is 20.9. The topological polar surface area (TPSA) is 286 Å². The van der Waals surface area contributed by atoms with E-state index in [1.165, 1.54) is 17.0 Å². The van der Waals surface area contributed by atoms with Gasteiger partial charge in [0, 0.05) is 54.5 Å². The molecule has 0 spiro atoms. The van der Waals surface area contributed by atoms with Gasteiger partial charge in [-0.25, -0.2) is 0 Å². The van der Waals surface area contributed by atoms with Crippen LogP contribution in [-0.4, -0.2) is 129 Å². The zero-order chi connectivity index (χ0) is 61.3. The van der Waals surface area contributed by atoms with E-state index < -0.39 is 132 Å². The van der Waals surface area contributed by atoms with Gasteiger partial charge in [-0.15, -0.1) is 0 Å². The molecule has 11 N–H and O–H groups in total. The van der Waals surface area contributed by atoms with Crippen LogP contribution in [0.1, 0.15) is 72.4 Å². The van der Waals surface area contributed by atoms with E-state index in [0.717, 1.165) is 0 Å². The number of phenols is 1. The fraction of sp³-hybridized carbons (Fsp3) is 0.404. The number of halogens is 6. The molecule has 6 rings (SSSR count). The Morgan fingerprint density at radius 2 is 1.23 bits per heavy atom. The SMILES string of the molecule is CCCC[C@H](NC(=O)[C@H](Cc1ccccc1)NC(=O)CNC(=O)[C@@H](CS)NC(=O)[C@@H](N)Cc1ccc(O)cc1)C(=O)N1CCC[C@H]1C(=O)N[C@H](CS)C(=O)N[C@@H](Cc1c[nH]c2ccccc12)C(=O)NCc1cc(C(F)(F)F)cc(C(F)(F)F)c1. The maximum atomic E-state index is 14.5. The number of nitrogens with zero attached hydrogens (tertiary/aromatic N) is 1. The second-order valence-electron chi connectivity index (χ2n) is 20.1. The third kappa shape index (κ3) is 18.6. The highest BCUT2D eigenvalue weighted by molar-refractivity contribution is 7.80. The van der Waals surface area contributed by atoms with Crippen molar-refractivity contribution in [2.24, 2.45) is 5.73 Å². The number of aromatic hydroxyl groups is 1. The predicted octanol–water partition coefficient (Wildman–Crippen LogP) is 4.16. The number of carbonyl (C=O) groups excluding carboxylic acids is 8. The first kappa shape index (κ1) is 65.4. The lowest BCUT2D eigenvalue weighted by Crippen LogP contribution is -2.59. The van der Waals surface area contributed by atoms with Crippen LogP contribution >= 0.6 is 25.3 Å². The van der Waals surface area contributed by atoms with Gasteiger partial charge in [0.05, 0.1) is 23.7 Å². The number of unbranched alkanes of at least 4 members (excludes halogenated alkanes) is 1. The lowest BCUT2D eigenvalue weighted by atomic mass is 10.0.